The van der Waals surface area contributed by atoms with Crippen LogP contribution in [-0.4, -0.2) is 10.7 Å². The van der Waals surface area contributed by atoms with Gasteiger partial charge in [-0.25, -0.2) is 9.98 Å². The molecule has 3 nitrogen and oxygen atoms in total. The van der Waals surface area contributed by atoms with Crippen molar-refractivity contribution in [2.75, 3.05) is 0 Å². The molecule has 2 aromatic rings. The summed E-state index contributed by atoms with van der Waals surface area (Å²) >= 11 is 0. The number of aliphatic imine (C=N–C) groups is 1. The lowest BCUT2D eigenvalue weighted by atomic mass is 10.0. The predicted molar refractivity (Wildman–Crippen MR) is 78.5 cm³/mol. The van der Waals surface area contributed by atoms with Gasteiger partial charge < -0.3 is 4.42 Å². The number of nitrogens with zero attached hydrogens (tertiary/aromatic N) is 2. The van der Waals surface area contributed by atoms with E-state index in [0.717, 1.165) is 6.07 Å². The molecule has 6 heteroatoms. The number of allylic oxidation sites excluding steroid dienone is 1. The third-order valence-electron chi connectivity index (χ3n) is 3.02. The summed E-state index contributed by atoms with van der Waals surface area (Å²) in [6.07, 6.45) is -1.32. The fourth-order valence-corrected chi connectivity index (χ4v) is 1.99. The van der Waals surface area contributed by atoms with Crippen molar-refractivity contribution in [1.82, 2.24) is 4.98 Å². The molecule has 0 aliphatic rings. The van der Waals surface area contributed by atoms with Gasteiger partial charge in [-0.05, 0) is 26.8 Å². The second kappa shape index (κ2) is 6.17. The quantitative estimate of drug-likeness (QED) is 0.759. The summed E-state index contributed by atoms with van der Waals surface area (Å²) in [6.45, 7) is 5.01. The van der Waals surface area contributed by atoms with Crippen molar-refractivity contribution in [3.8, 4) is 0 Å². The molecule has 0 N–H and O–H groups in total. The summed E-state index contributed by atoms with van der Waals surface area (Å²) in [5.74, 6) is 0.281. The number of hydrogen-bond donors (Lipinski definition) is 0. The molecule has 22 heavy (non-hydrogen) atoms. The van der Waals surface area contributed by atoms with Crippen LogP contribution < -0.4 is 0 Å². The number of rotatable bonds is 3. The Bertz CT molecular complexity index is 727. The van der Waals surface area contributed by atoms with Crippen LogP contribution in [0.15, 0.2) is 46.0 Å². The van der Waals surface area contributed by atoms with Crippen LogP contribution in [0.1, 0.15) is 36.6 Å². The Morgan fingerprint density at radius 3 is 2.50 bits per heavy atom. The Kier molecular flexibility index (Phi) is 4.49. The first-order valence-electron chi connectivity index (χ1n) is 6.63. The SMILES string of the molecule is C/C=C(\N=C(/C)c1ccccc1C(F)(F)F)c1nc(C)co1. The second-order valence-corrected chi connectivity index (χ2v) is 4.71. The maximum Gasteiger partial charge on any atom is 0.417 e. The van der Waals surface area contributed by atoms with Gasteiger partial charge in [0.15, 0.2) is 0 Å². The first-order chi connectivity index (χ1) is 10.3. The van der Waals surface area contributed by atoms with Crippen LogP contribution >= 0.6 is 0 Å². The van der Waals surface area contributed by atoms with Crippen LogP contribution in [0, 0.1) is 6.92 Å². The Morgan fingerprint density at radius 2 is 1.95 bits per heavy atom. The molecule has 1 aromatic carbocycles. The monoisotopic (exact) mass is 308 g/mol. The van der Waals surface area contributed by atoms with Gasteiger partial charge in [-0.1, -0.05) is 24.3 Å². The van der Waals surface area contributed by atoms with Crippen LogP contribution in [0.25, 0.3) is 5.70 Å². The molecular weight excluding hydrogens is 293 g/mol. The van der Waals surface area contributed by atoms with E-state index in [1.54, 1.807) is 26.0 Å². The summed E-state index contributed by atoms with van der Waals surface area (Å²) in [5.41, 5.74) is 0.644. The van der Waals surface area contributed by atoms with Crippen LogP contribution in [0.2, 0.25) is 0 Å². The minimum absolute atomic E-state index is 0.0395. The van der Waals surface area contributed by atoms with E-state index in [0.29, 0.717) is 11.4 Å². The zero-order valence-corrected chi connectivity index (χ0v) is 12.4. The molecule has 1 heterocycles. The number of hydrogen-bond acceptors (Lipinski definition) is 3. The van der Waals surface area contributed by atoms with Crippen LogP contribution in [-0.2, 0) is 6.18 Å². The van der Waals surface area contributed by atoms with Crippen molar-refractivity contribution in [3.63, 3.8) is 0 Å². The summed E-state index contributed by atoms with van der Waals surface area (Å²) in [5, 5.41) is 0. The number of halogens is 3. The van der Waals surface area contributed by atoms with E-state index >= 15 is 0 Å². The fourth-order valence-electron chi connectivity index (χ4n) is 1.99. The highest BCUT2D eigenvalue weighted by Gasteiger charge is 2.33. The number of aromatic nitrogens is 1. The van der Waals surface area contributed by atoms with Crippen LogP contribution in [0.3, 0.4) is 0 Å². The van der Waals surface area contributed by atoms with Gasteiger partial charge in [0.05, 0.1) is 11.3 Å². The van der Waals surface area contributed by atoms with E-state index in [9.17, 15) is 13.2 Å². The van der Waals surface area contributed by atoms with E-state index in [-0.39, 0.29) is 17.2 Å². The molecule has 0 saturated carbocycles. The summed E-state index contributed by atoms with van der Waals surface area (Å²) < 4.78 is 44.4. The van der Waals surface area contributed by atoms with Crippen molar-refractivity contribution in [3.05, 3.63) is 59.3 Å². The van der Waals surface area contributed by atoms with E-state index in [4.69, 9.17) is 4.42 Å². The zero-order valence-electron chi connectivity index (χ0n) is 12.4. The molecule has 0 unspecified atom stereocenters. The Morgan fingerprint density at radius 1 is 1.27 bits per heavy atom. The Labute approximate surface area is 126 Å². The van der Waals surface area contributed by atoms with E-state index < -0.39 is 11.7 Å². The van der Waals surface area contributed by atoms with Crippen LogP contribution in [0.5, 0.6) is 0 Å². The average molecular weight is 308 g/mol. The molecule has 0 amide bonds. The average Bonchev–Trinajstić information content (AvgIpc) is 2.90. The first kappa shape index (κ1) is 16.0. The van der Waals surface area contributed by atoms with Gasteiger partial charge in [0, 0.05) is 11.3 Å². The maximum absolute atomic E-state index is 13.1. The second-order valence-electron chi connectivity index (χ2n) is 4.71. The molecule has 0 atom stereocenters. The molecule has 2 rings (SSSR count). The van der Waals surface area contributed by atoms with Crippen molar-refractivity contribution in [1.29, 1.82) is 0 Å². The zero-order chi connectivity index (χ0) is 16.3. The smallest absolute Gasteiger partial charge is 0.417 e. The lowest BCUT2D eigenvalue weighted by molar-refractivity contribution is -0.137. The van der Waals surface area contributed by atoms with Gasteiger partial charge in [-0.2, -0.15) is 13.2 Å². The molecule has 0 fully saturated rings. The summed E-state index contributed by atoms with van der Waals surface area (Å²) in [6, 6.07) is 5.34. The highest BCUT2D eigenvalue weighted by atomic mass is 19.4. The topological polar surface area (TPSA) is 38.4 Å². The normalized spacial score (nSPS) is 13.5. The third-order valence-corrected chi connectivity index (χ3v) is 3.02. The van der Waals surface area contributed by atoms with Gasteiger partial charge in [0.2, 0.25) is 5.89 Å². The predicted octanol–water partition coefficient (Wildman–Crippen LogP) is 4.87. The summed E-state index contributed by atoms with van der Waals surface area (Å²) in [7, 11) is 0. The van der Waals surface area contributed by atoms with E-state index in [1.807, 2.05) is 0 Å². The minimum atomic E-state index is -4.43. The van der Waals surface area contributed by atoms with Crippen molar-refractivity contribution >= 4 is 11.4 Å². The highest BCUT2D eigenvalue weighted by Crippen LogP contribution is 2.32. The molecule has 0 aliphatic carbocycles. The molecule has 0 spiro atoms. The number of aryl methyl sites for hydroxylation is 1. The largest absolute Gasteiger partial charge is 0.443 e. The van der Waals surface area contributed by atoms with Crippen molar-refractivity contribution < 1.29 is 17.6 Å². The Balaban J connectivity index is 2.45. The molecule has 0 saturated heterocycles. The van der Waals surface area contributed by atoms with E-state index in [1.165, 1.54) is 25.3 Å². The standard InChI is InChI=1S/C16H15F3N2O/c1-4-14(15-20-10(2)9-22-15)21-11(3)12-7-5-6-8-13(12)16(17,18)19/h4-9H,1-3H3/b14-4-,21-11+. The summed E-state index contributed by atoms with van der Waals surface area (Å²) in [4.78, 5) is 8.38. The van der Waals surface area contributed by atoms with Gasteiger partial charge in [-0.3, -0.25) is 0 Å². The molecule has 0 radical (unpaired) electrons. The number of benzene rings is 1. The minimum Gasteiger partial charge on any atom is -0.443 e. The van der Waals surface area contributed by atoms with Crippen molar-refractivity contribution in [2.24, 2.45) is 4.99 Å². The molecule has 116 valence electrons. The molecule has 0 aliphatic heterocycles. The first-order valence-corrected chi connectivity index (χ1v) is 6.63. The van der Waals surface area contributed by atoms with Gasteiger partial charge in [0.1, 0.15) is 12.0 Å². The number of alkyl halides is 3. The Hall–Kier alpha value is -2.37. The maximum atomic E-state index is 13.1. The lowest BCUT2D eigenvalue weighted by Gasteiger charge is -2.12. The third kappa shape index (κ3) is 3.44. The van der Waals surface area contributed by atoms with Crippen molar-refractivity contribution in [2.45, 2.75) is 26.9 Å². The van der Waals surface area contributed by atoms with Gasteiger partial charge in [0.25, 0.3) is 0 Å². The number of oxazole rings is 1. The molecule has 1 aromatic heterocycles. The van der Waals surface area contributed by atoms with E-state index in [2.05, 4.69) is 9.98 Å². The fraction of sp³-hybridized carbons (Fsp3) is 0.250. The lowest BCUT2D eigenvalue weighted by Crippen LogP contribution is -2.12. The van der Waals surface area contributed by atoms with Crippen LogP contribution in [0.4, 0.5) is 13.2 Å². The molecule has 0 bridgehead atoms. The highest BCUT2D eigenvalue weighted by molar-refractivity contribution is 6.02. The van der Waals surface area contributed by atoms with Gasteiger partial charge in [-0.15, -0.1) is 0 Å². The molecular formula is C16H15F3N2O. The van der Waals surface area contributed by atoms with Gasteiger partial charge >= 0.3 is 6.18 Å².